The highest BCUT2D eigenvalue weighted by atomic mass is 16.5. The van der Waals surface area contributed by atoms with Crippen LogP contribution in [0.3, 0.4) is 0 Å². The van der Waals surface area contributed by atoms with E-state index in [-0.39, 0.29) is 0 Å². The quantitative estimate of drug-likeness (QED) is 0.705. The highest BCUT2D eigenvalue weighted by Gasteiger charge is 1.92. The Balaban J connectivity index is 2.13. The van der Waals surface area contributed by atoms with E-state index in [1.54, 1.807) is 0 Å². The van der Waals surface area contributed by atoms with E-state index < -0.39 is 0 Å². The molecule has 0 amide bonds. The van der Waals surface area contributed by atoms with Gasteiger partial charge in [0.25, 0.3) is 0 Å². The van der Waals surface area contributed by atoms with E-state index in [0.717, 1.165) is 11.3 Å². The molecule has 0 spiro atoms. The van der Waals surface area contributed by atoms with Gasteiger partial charge in [-0.25, -0.2) is 0 Å². The van der Waals surface area contributed by atoms with E-state index in [2.05, 4.69) is 30.4 Å². The van der Waals surface area contributed by atoms with Crippen LogP contribution in [0.5, 0.6) is 5.75 Å². The smallest absolute Gasteiger partial charge is 0.119 e. The molecule has 1 nitrogen and oxygen atoms in total. The maximum Gasteiger partial charge on any atom is 0.119 e. The molecule has 17 heavy (non-hydrogen) atoms. The van der Waals surface area contributed by atoms with Crippen LogP contribution >= 0.6 is 0 Å². The van der Waals surface area contributed by atoms with Gasteiger partial charge in [-0.3, -0.25) is 0 Å². The molecule has 0 radical (unpaired) electrons. The van der Waals surface area contributed by atoms with E-state index in [9.17, 15) is 0 Å². The van der Waals surface area contributed by atoms with Gasteiger partial charge >= 0.3 is 0 Å². The van der Waals surface area contributed by atoms with Gasteiger partial charge < -0.3 is 4.74 Å². The minimum absolute atomic E-state index is 0.700. The highest BCUT2D eigenvalue weighted by Crippen LogP contribution is 2.15. The SMILES string of the molecule is CCOc1cccc(/C=C/c2ccccc2)c1. The molecule has 2 aromatic rings. The molecule has 0 aliphatic rings. The van der Waals surface area contributed by atoms with Crippen molar-refractivity contribution in [1.82, 2.24) is 0 Å². The summed E-state index contributed by atoms with van der Waals surface area (Å²) in [6.45, 7) is 2.69. The first kappa shape index (κ1) is 11.5. The van der Waals surface area contributed by atoms with Crippen LogP contribution in [0.4, 0.5) is 0 Å². The molecule has 0 aromatic heterocycles. The van der Waals surface area contributed by atoms with Crippen molar-refractivity contribution < 1.29 is 4.74 Å². The fourth-order valence-corrected chi connectivity index (χ4v) is 1.63. The van der Waals surface area contributed by atoms with Crippen LogP contribution in [0.25, 0.3) is 12.2 Å². The zero-order valence-electron chi connectivity index (χ0n) is 9.97. The molecule has 2 aromatic carbocycles. The van der Waals surface area contributed by atoms with Gasteiger partial charge in [-0.1, -0.05) is 54.6 Å². The molecule has 0 aliphatic carbocycles. The van der Waals surface area contributed by atoms with E-state index in [1.807, 2.05) is 43.3 Å². The lowest BCUT2D eigenvalue weighted by atomic mass is 10.1. The zero-order chi connectivity index (χ0) is 11.9. The maximum atomic E-state index is 5.46. The van der Waals surface area contributed by atoms with Crippen LogP contribution in [0.1, 0.15) is 18.1 Å². The minimum Gasteiger partial charge on any atom is -0.494 e. The summed E-state index contributed by atoms with van der Waals surface area (Å²) < 4.78 is 5.46. The Morgan fingerprint density at radius 3 is 2.35 bits per heavy atom. The van der Waals surface area contributed by atoms with Crippen molar-refractivity contribution in [2.75, 3.05) is 6.61 Å². The lowest BCUT2D eigenvalue weighted by Crippen LogP contribution is -1.90. The average molecular weight is 224 g/mol. The van der Waals surface area contributed by atoms with Crippen molar-refractivity contribution in [3.05, 3.63) is 65.7 Å². The standard InChI is InChI=1S/C16H16O/c1-2-17-16-10-6-9-15(13-16)12-11-14-7-4-3-5-8-14/h3-13H,2H2,1H3/b12-11+. The topological polar surface area (TPSA) is 9.23 Å². The fourth-order valence-electron chi connectivity index (χ4n) is 1.63. The monoisotopic (exact) mass is 224 g/mol. The van der Waals surface area contributed by atoms with Gasteiger partial charge in [0.15, 0.2) is 0 Å². The van der Waals surface area contributed by atoms with Crippen LogP contribution in [-0.2, 0) is 0 Å². The molecule has 0 unspecified atom stereocenters. The molecule has 0 fully saturated rings. The van der Waals surface area contributed by atoms with Crippen molar-refractivity contribution >= 4 is 12.2 Å². The molecule has 0 N–H and O–H groups in total. The summed E-state index contributed by atoms with van der Waals surface area (Å²) in [5.41, 5.74) is 2.36. The summed E-state index contributed by atoms with van der Waals surface area (Å²) in [6.07, 6.45) is 4.20. The second-order valence-corrected chi connectivity index (χ2v) is 3.75. The molecular formula is C16H16O. The normalized spacial score (nSPS) is 10.6. The van der Waals surface area contributed by atoms with Gasteiger partial charge in [0.1, 0.15) is 5.75 Å². The molecule has 0 saturated heterocycles. The lowest BCUT2D eigenvalue weighted by molar-refractivity contribution is 0.340. The average Bonchev–Trinajstić information content (AvgIpc) is 2.39. The molecule has 1 heteroatoms. The summed E-state index contributed by atoms with van der Waals surface area (Å²) in [5.74, 6) is 0.919. The van der Waals surface area contributed by atoms with Crippen LogP contribution < -0.4 is 4.74 Å². The zero-order valence-corrected chi connectivity index (χ0v) is 9.97. The highest BCUT2D eigenvalue weighted by molar-refractivity contribution is 5.70. The van der Waals surface area contributed by atoms with Crippen molar-refractivity contribution in [3.8, 4) is 5.75 Å². The number of benzene rings is 2. The van der Waals surface area contributed by atoms with Crippen LogP contribution in [-0.4, -0.2) is 6.61 Å². The Labute approximate surface area is 102 Å². The first-order valence-electron chi connectivity index (χ1n) is 5.84. The summed E-state index contributed by atoms with van der Waals surface area (Å²) in [5, 5.41) is 0. The molecule has 0 atom stereocenters. The first-order valence-corrected chi connectivity index (χ1v) is 5.84. The van der Waals surface area contributed by atoms with Crippen LogP contribution in [0.2, 0.25) is 0 Å². The van der Waals surface area contributed by atoms with Crippen molar-refractivity contribution in [1.29, 1.82) is 0 Å². The van der Waals surface area contributed by atoms with Gasteiger partial charge in [-0.15, -0.1) is 0 Å². The molecule has 0 heterocycles. The molecule has 0 aliphatic heterocycles. The van der Waals surface area contributed by atoms with E-state index in [1.165, 1.54) is 5.56 Å². The van der Waals surface area contributed by atoms with E-state index >= 15 is 0 Å². The Bertz CT molecular complexity index is 486. The third-order valence-corrected chi connectivity index (χ3v) is 2.44. The van der Waals surface area contributed by atoms with Gasteiger partial charge in [0, 0.05) is 0 Å². The third kappa shape index (κ3) is 3.49. The van der Waals surface area contributed by atoms with Crippen LogP contribution in [0, 0.1) is 0 Å². The van der Waals surface area contributed by atoms with Gasteiger partial charge in [-0.2, -0.15) is 0 Å². The van der Waals surface area contributed by atoms with Gasteiger partial charge in [0.2, 0.25) is 0 Å². The maximum absolute atomic E-state index is 5.46. The molecule has 2 rings (SSSR count). The summed E-state index contributed by atoms with van der Waals surface area (Å²) in [4.78, 5) is 0. The van der Waals surface area contributed by atoms with Crippen molar-refractivity contribution in [2.45, 2.75) is 6.92 Å². The second-order valence-electron chi connectivity index (χ2n) is 3.75. The van der Waals surface area contributed by atoms with E-state index in [4.69, 9.17) is 4.74 Å². The second kappa shape index (κ2) is 5.90. The Kier molecular flexibility index (Phi) is 3.98. The van der Waals surface area contributed by atoms with Crippen molar-refractivity contribution in [2.24, 2.45) is 0 Å². The van der Waals surface area contributed by atoms with Gasteiger partial charge in [0.05, 0.1) is 6.61 Å². The Morgan fingerprint density at radius 2 is 1.59 bits per heavy atom. The molecular weight excluding hydrogens is 208 g/mol. The Morgan fingerprint density at radius 1 is 0.882 bits per heavy atom. The number of rotatable bonds is 4. The van der Waals surface area contributed by atoms with E-state index in [0.29, 0.717) is 6.61 Å². The van der Waals surface area contributed by atoms with Gasteiger partial charge in [-0.05, 0) is 30.2 Å². The summed E-state index contributed by atoms with van der Waals surface area (Å²) >= 11 is 0. The predicted molar refractivity (Wildman–Crippen MR) is 73.0 cm³/mol. The number of ether oxygens (including phenoxy) is 1. The minimum atomic E-state index is 0.700. The lowest BCUT2D eigenvalue weighted by Gasteiger charge is -2.03. The number of hydrogen-bond donors (Lipinski definition) is 0. The molecule has 0 saturated carbocycles. The van der Waals surface area contributed by atoms with Crippen molar-refractivity contribution in [3.63, 3.8) is 0 Å². The third-order valence-electron chi connectivity index (χ3n) is 2.44. The summed E-state index contributed by atoms with van der Waals surface area (Å²) in [7, 11) is 0. The largest absolute Gasteiger partial charge is 0.494 e. The molecule has 0 bridgehead atoms. The first-order chi connectivity index (χ1) is 8.38. The summed E-state index contributed by atoms with van der Waals surface area (Å²) in [6, 6.07) is 18.4. The van der Waals surface area contributed by atoms with Crippen LogP contribution in [0.15, 0.2) is 54.6 Å². The fraction of sp³-hybridized carbons (Fsp3) is 0.125. The molecule has 86 valence electrons. The Hall–Kier alpha value is -2.02. The predicted octanol–water partition coefficient (Wildman–Crippen LogP) is 4.26. The number of hydrogen-bond acceptors (Lipinski definition) is 1.